The van der Waals surface area contributed by atoms with Gasteiger partial charge in [0.05, 0.1) is 11.5 Å². The number of carbonyl (C=O) groups is 2. The molecule has 0 aromatic heterocycles. The van der Waals surface area contributed by atoms with Gasteiger partial charge >= 0.3 is 0 Å². The topological polar surface area (TPSA) is 124 Å². The van der Waals surface area contributed by atoms with E-state index in [1.165, 1.54) is 0 Å². The normalized spacial score (nSPS) is 42.7. The quantitative estimate of drug-likeness (QED) is 0.251. The highest BCUT2D eigenvalue weighted by Gasteiger charge is 2.38. The summed E-state index contributed by atoms with van der Waals surface area (Å²) in [5, 5.41) is 36.9. The lowest BCUT2D eigenvalue weighted by Gasteiger charge is -2.14. The van der Waals surface area contributed by atoms with Crippen LogP contribution >= 0.6 is 0 Å². The van der Waals surface area contributed by atoms with Crippen molar-refractivity contribution in [2.45, 2.75) is 23.7 Å². The summed E-state index contributed by atoms with van der Waals surface area (Å²) in [6, 6.07) is 0. The van der Waals surface area contributed by atoms with Crippen LogP contribution in [0.3, 0.4) is 0 Å². The smallest absolute Gasteiger partial charge is 0.232 e. The van der Waals surface area contributed by atoms with Crippen LogP contribution in [0, 0.1) is 0 Å². The maximum Gasteiger partial charge on any atom is 0.232 e. The van der Waals surface area contributed by atoms with E-state index >= 15 is 0 Å². The summed E-state index contributed by atoms with van der Waals surface area (Å²) in [4.78, 5) is 22.3. The summed E-state index contributed by atoms with van der Waals surface area (Å²) in [6.45, 7) is 0. The van der Waals surface area contributed by atoms with Gasteiger partial charge in [-0.2, -0.15) is 0 Å². The van der Waals surface area contributed by atoms with Gasteiger partial charge in [0.1, 0.15) is 12.2 Å². The Hall–Kier alpha value is -0.426. The van der Waals surface area contributed by atoms with Gasteiger partial charge in [-0.1, -0.05) is 0 Å². The van der Waals surface area contributed by atoms with Crippen LogP contribution in [-0.4, -0.2) is 75.2 Å². The van der Waals surface area contributed by atoms with Gasteiger partial charge in [0.2, 0.25) is 11.6 Å². The number of hydrogen-bond acceptors (Lipinski definition) is 7. The fourth-order valence-corrected chi connectivity index (χ4v) is 4.40. The minimum Gasteiger partial charge on any atom is -0.461 e. The summed E-state index contributed by atoms with van der Waals surface area (Å²) in [5.41, 5.74) is -2.74. The first kappa shape index (κ1) is 12.6. The van der Waals surface area contributed by atoms with Crippen molar-refractivity contribution in [3.05, 3.63) is 0 Å². The molecule has 0 bridgehead atoms. The average Bonchev–Trinajstić information content (AvgIpc) is 2.25. The zero-order chi connectivity index (χ0) is 11.6. The summed E-state index contributed by atoms with van der Waals surface area (Å²) in [5.74, 6) is -2.55. The lowest BCUT2D eigenvalue weighted by molar-refractivity contribution is -0.149. The molecule has 9 heteroatoms. The van der Waals surface area contributed by atoms with Gasteiger partial charge in [-0.05, 0) is 0 Å². The minimum atomic E-state index is -1.85. The Bertz CT molecular complexity index is 244. The van der Waals surface area contributed by atoms with Crippen molar-refractivity contribution in [2.75, 3.05) is 0 Å². The average molecular weight is 252 g/mol. The zero-order valence-electron chi connectivity index (χ0n) is 7.74. The van der Waals surface area contributed by atoms with Crippen LogP contribution in [0.2, 0.25) is 0 Å². The molecule has 1 fully saturated rings. The van der Waals surface area contributed by atoms with E-state index in [2.05, 4.69) is 0 Å². The third kappa shape index (κ3) is 2.78. The first-order chi connectivity index (χ1) is 6.95. The summed E-state index contributed by atoms with van der Waals surface area (Å²) < 4.78 is 4.97. The van der Waals surface area contributed by atoms with Crippen LogP contribution in [0.4, 0.5) is 0 Å². The van der Waals surface area contributed by atoms with Crippen molar-refractivity contribution in [1.29, 1.82) is 0 Å². The van der Waals surface area contributed by atoms with E-state index in [0.29, 0.717) is 0 Å². The lowest BCUT2D eigenvalue weighted by Crippen LogP contribution is -2.46. The molecule has 0 amide bonds. The van der Waals surface area contributed by atoms with Gasteiger partial charge in [0.25, 0.3) is 0 Å². The number of rotatable bonds is 0. The van der Waals surface area contributed by atoms with Crippen molar-refractivity contribution >= 4 is 31.1 Å². The summed E-state index contributed by atoms with van der Waals surface area (Å²) >= 11 is 0. The Kier molecular flexibility index (Phi) is 4.27. The van der Waals surface area contributed by atoms with Crippen LogP contribution in [0.25, 0.3) is 0 Å². The van der Waals surface area contributed by atoms with Crippen LogP contribution in [0.5, 0.6) is 0 Å². The maximum absolute atomic E-state index is 11.2. The maximum atomic E-state index is 11.2. The summed E-state index contributed by atoms with van der Waals surface area (Å²) in [6.07, 6.45) is -3.70. The Labute approximate surface area is 89.6 Å². The van der Waals surface area contributed by atoms with Crippen molar-refractivity contribution in [1.82, 2.24) is 0 Å². The molecule has 1 aliphatic heterocycles. The number of ketones is 2. The standard InChI is InChI=1S/C6H12O7Si2/c7-1-2(8)4(10)6(12)15-13-14-5(11)3(1)9/h3-6,9-12H,14-15H2. The molecule has 4 N–H and O–H groups in total. The van der Waals surface area contributed by atoms with Gasteiger partial charge in [-0.15, -0.1) is 0 Å². The number of hydrogen-bond donors (Lipinski definition) is 4. The molecule has 0 aromatic rings. The minimum absolute atomic E-state index is 1.28. The molecule has 1 saturated heterocycles. The number of carbonyl (C=O) groups excluding carboxylic acids is 2. The number of aliphatic hydroxyl groups excluding tert-OH is 4. The van der Waals surface area contributed by atoms with E-state index in [4.69, 9.17) is 4.12 Å². The molecule has 1 rings (SSSR count). The Balaban J connectivity index is 2.87. The van der Waals surface area contributed by atoms with Crippen LogP contribution in [-0.2, 0) is 13.7 Å². The monoisotopic (exact) mass is 252 g/mol. The molecule has 86 valence electrons. The van der Waals surface area contributed by atoms with Gasteiger partial charge < -0.3 is 24.5 Å². The highest BCUT2D eigenvalue weighted by atomic mass is 28.3. The predicted molar refractivity (Wildman–Crippen MR) is 52.2 cm³/mol. The van der Waals surface area contributed by atoms with E-state index in [0.717, 1.165) is 0 Å². The lowest BCUT2D eigenvalue weighted by atomic mass is 10.1. The van der Waals surface area contributed by atoms with Crippen molar-refractivity contribution in [3.8, 4) is 0 Å². The molecule has 7 nitrogen and oxygen atoms in total. The van der Waals surface area contributed by atoms with E-state index in [1.54, 1.807) is 0 Å². The first-order valence-corrected chi connectivity index (χ1v) is 7.12. The zero-order valence-corrected chi connectivity index (χ0v) is 10.6. The molecule has 0 radical (unpaired) electrons. The predicted octanol–water partition coefficient (Wildman–Crippen LogP) is -5.32. The van der Waals surface area contributed by atoms with Crippen molar-refractivity contribution in [3.63, 3.8) is 0 Å². The fraction of sp³-hybridized carbons (Fsp3) is 0.667. The highest BCUT2D eigenvalue weighted by Crippen LogP contribution is 2.04. The molecule has 1 aliphatic rings. The molecule has 0 spiro atoms. The van der Waals surface area contributed by atoms with Crippen molar-refractivity contribution < 1.29 is 34.1 Å². The Morgan fingerprint density at radius 3 is 1.53 bits per heavy atom. The third-order valence-electron chi connectivity index (χ3n) is 2.09. The first-order valence-electron chi connectivity index (χ1n) is 4.33. The third-order valence-corrected chi connectivity index (χ3v) is 5.55. The largest absolute Gasteiger partial charge is 0.461 e. The Morgan fingerprint density at radius 1 is 0.867 bits per heavy atom. The second kappa shape index (κ2) is 5.07. The van der Waals surface area contributed by atoms with Gasteiger partial charge in [-0.25, -0.2) is 0 Å². The molecule has 1 heterocycles. The molecule has 0 aliphatic carbocycles. The second-order valence-electron chi connectivity index (χ2n) is 3.29. The molecule has 15 heavy (non-hydrogen) atoms. The van der Waals surface area contributed by atoms with E-state index < -0.39 is 54.8 Å². The highest BCUT2D eigenvalue weighted by molar-refractivity contribution is 6.50. The molecule has 4 unspecified atom stereocenters. The van der Waals surface area contributed by atoms with E-state index in [9.17, 15) is 30.0 Å². The van der Waals surface area contributed by atoms with Crippen molar-refractivity contribution in [2.24, 2.45) is 0 Å². The van der Waals surface area contributed by atoms with Gasteiger partial charge in [-0.3, -0.25) is 9.59 Å². The van der Waals surface area contributed by atoms with Crippen LogP contribution < -0.4 is 0 Å². The molecule has 0 saturated carbocycles. The molecular formula is C6H12O7Si2. The van der Waals surface area contributed by atoms with Crippen LogP contribution in [0.15, 0.2) is 0 Å². The molecule has 0 aromatic carbocycles. The van der Waals surface area contributed by atoms with Gasteiger partial charge in [0, 0.05) is 0 Å². The van der Waals surface area contributed by atoms with Gasteiger partial charge in [0.15, 0.2) is 19.5 Å². The molecular weight excluding hydrogens is 240 g/mol. The number of Topliss-reactive ketones (excluding diaryl/α,β-unsaturated/α-hetero) is 2. The Morgan fingerprint density at radius 2 is 1.20 bits per heavy atom. The molecule has 4 atom stereocenters. The SMILES string of the molecule is O=C1C(=O)C(O)C(O)[SiH2]O[SiH2]C(O)C1O. The van der Waals surface area contributed by atoms with E-state index in [-0.39, 0.29) is 0 Å². The fourth-order valence-electron chi connectivity index (χ4n) is 1.13. The second-order valence-corrected chi connectivity index (χ2v) is 7.26. The number of aliphatic hydroxyl groups is 4. The summed E-state index contributed by atoms with van der Waals surface area (Å²) in [7, 11) is -3.16. The van der Waals surface area contributed by atoms with E-state index in [1.807, 2.05) is 0 Å². The van der Waals surface area contributed by atoms with Crippen LogP contribution in [0.1, 0.15) is 0 Å².